The van der Waals surface area contributed by atoms with E-state index in [1.54, 1.807) is 0 Å². The summed E-state index contributed by atoms with van der Waals surface area (Å²) >= 11 is 0. The van der Waals surface area contributed by atoms with Gasteiger partial charge < -0.3 is 4.74 Å². The minimum Gasteiger partial charge on any atom is -0.376 e. The van der Waals surface area contributed by atoms with Crippen molar-refractivity contribution < 1.29 is 17.9 Å². The molecule has 1 aromatic carbocycles. The largest absolute Gasteiger partial charge is 0.418 e. The molecule has 1 aromatic heterocycles. The molecule has 21 heavy (non-hydrogen) atoms. The molecule has 2 aromatic rings. The summed E-state index contributed by atoms with van der Waals surface area (Å²) in [5.74, 6) is 0. The van der Waals surface area contributed by atoms with Gasteiger partial charge in [0.25, 0.3) is 5.56 Å². The highest BCUT2D eigenvalue weighted by atomic mass is 19.4. The van der Waals surface area contributed by atoms with Gasteiger partial charge in [-0.2, -0.15) is 13.2 Å². The fourth-order valence-electron chi connectivity index (χ4n) is 2.56. The number of aromatic nitrogens is 2. The second-order valence-electron chi connectivity index (χ2n) is 5.04. The number of nitrogens with zero attached hydrogens (tertiary/aromatic N) is 2. The molecule has 1 atom stereocenters. The lowest BCUT2D eigenvalue weighted by atomic mass is 10.1. The van der Waals surface area contributed by atoms with Crippen LogP contribution in [0.2, 0.25) is 0 Å². The van der Waals surface area contributed by atoms with Crippen LogP contribution in [0.25, 0.3) is 10.9 Å². The Labute approximate surface area is 118 Å². The van der Waals surface area contributed by atoms with Gasteiger partial charge in [0.2, 0.25) is 0 Å². The lowest BCUT2D eigenvalue weighted by Crippen LogP contribution is -2.27. The van der Waals surface area contributed by atoms with Crippen molar-refractivity contribution in [3.63, 3.8) is 0 Å². The van der Waals surface area contributed by atoms with Crippen molar-refractivity contribution in [2.45, 2.75) is 31.7 Å². The molecule has 1 aliphatic heterocycles. The fourth-order valence-corrected chi connectivity index (χ4v) is 2.56. The number of benzene rings is 1. The summed E-state index contributed by atoms with van der Waals surface area (Å²) in [7, 11) is 0. The van der Waals surface area contributed by atoms with Crippen LogP contribution in [0.1, 0.15) is 18.4 Å². The Kier molecular flexibility index (Phi) is 3.44. The highest BCUT2D eigenvalue weighted by Gasteiger charge is 2.33. The molecule has 0 aliphatic carbocycles. The molecule has 1 unspecified atom stereocenters. The highest BCUT2D eigenvalue weighted by Crippen LogP contribution is 2.32. The van der Waals surface area contributed by atoms with Crippen molar-refractivity contribution in [3.05, 3.63) is 40.4 Å². The fraction of sp³-hybridized carbons (Fsp3) is 0.429. The second kappa shape index (κ2) is 5.14. The van der Waals surface area contributed by atoms with E-state index in [0.717, 1.165) is 18.9 Å². The first-order chi connectivity index (χ1) is 9.97. The molecule has 2 heterocycles. The molecule has 0 radical (unpaired) electrons. The van der Waals surface area contributed by atoms with Crippen LogP contribution in [0.5, 0.6) is 0 Å². The molecule has 0 N–H and O–H groups in total. The van der Waals surface area contributed by atoms with E-state index >= 15 is 0 Å². The molecule has 0 bridgehead atoms. The van der Waals surface area contributed by atoms with Gasteiger partial charge in [0.05, 0.1) is 35.4 Å². The zero-order valence-corrected chi connectivity index (χ0v) is 11.1. The van der Waals surface area contributed by atoms with Crippen molar-refractivity contribution in [1.29, 1.82) is 0 Å². The average Bonchev–Trinajstić information content (AvgIpc) is 2.93. The third kappa shape index (κ3) is 2.65. The van der Waals surface area contributed by atoms with Crippen molar-refractivity contribution in [2.24, 2.45) is 0 Å². The summed E-state index contributed by atoms with van der Waals surface area (Å²) in [5, 5.41) is -0.0229. The molecule has 3 rings (SSSR count). The van der Waals surface area contributed by atoms with E-state index in [-0.39, 0.29) is 17.0 Å². The first kappa shape index (κ1) is 14.1. The monoisotopic (exact) mass is 298 g/mol. The molecule has 4 nitrogen and oxygen atoms in total. The van der Waals surface area contributed by atoms with Crippen LogP contribution in [-0.4, -0.2) is 22.3 Å². The zero-order chi connectivity index (χ0) is 15.0. The summed E-state index contributed by atoms with van der Waals surface area (Å²) in [6.07, 6.45) is -1.67. The van der Waals surface area contributed by atoms with Gasteiger partial charge in [-0.15, -0.1) is 0 Å². The quantitative estimate of drug-likeness (QED) is 0.856. The van der Waals surface area contributed by atoms with E-state index in [0.29, 0.717) is 13.2 Å². The van der Waals surface area contributed by atoms with Crippen molar-refractivity contribution in [2.75, 3.05) is 6.61 Å². The predicted molar refractivity (Wildman–Crippen MR) is 70.0 cm³/mol. The van der Waals surface area contributed by atoms with Crippen LogP contribution in [0, 0.1) is 0 Å². The Morgan fingerprint density at radius 2 is 2.19 bits per heavy atom. The van der Waals surface area contributed by atoms with Crippen LogP contribution in [-0.2, 0) is 17.5 Å². The van der Waals surface area contributed by atoms with Gasteiger partial charge in [0.15, 0.2) is 0 Å². The number of para-hydroxylation sites is 1. The van der Waals surface area contributed by atoms with Crippen molar-refractivity contribution >= 4 is 10.9 Å². The molecule has 7 heteroatoms. The number of rotatable bonds is 2. The van der Waals surface area contributed by atoms with Crippen LogP contribution < -0.4 is 5.56 Å². The molecule has 1 fully saturated rings. The van der Waals surface area contributed by atoms with Crippen LogP contribution in [0.4, 0.5) is 13.2 Å². The van der Waals surface area contributed by atoms with E-state index in [1.807, 2.05) is 0 Å². The summed E-state index contributed by atoms with van der Waals surface area (Å²) in [6, 6.07) is 3.52. The third-order valence-corrected chi connectivity index (χ3v) is 3.58. The average molecular weight is 298 g/mol. The lowest BCUT2D eigenvalue weighted by molar-refractivity contribution is -0.136. The number of hydrogen-bond acceptors (Lipinski definition) is 3. The standard InChI is InChI=1S/C14H13F3N2O2/c15-14(16,17)11-5-1-4-10-12(11)18-8-19(13(10)20)7-9-3-2-6-21-9/h1,4-5,8-9H,2-3,6-7H2. The predicted octanol–water partition coefficient (Wildman–Crippen LogP) is 2.59. The van der Waals surface area contributed by atoms with Gasteiger partial charge in [-0.05, 0) is 25.0 Å². The minimum absolute atomic E-state index is 0.0229. The van der Waals surface area contributed by atoms with Crippen LogP contribution >= 0.6 is 0 Å². The van der Waals surface area contributed by atoms with Gasteiger partial charge in [-0.25, -0.2) is 4.98 Å². The number of halogens is 3. The van der Waals surface area contributed by atoms with Crippen LogP contribution in [0.15, 0.2) is 29.3 Å². The maximum Gasteiger partial charge on any atom is 0.418 e. The Morgan fingerprint density at radius 1 is 1.38 bits per heavy atom. The Balaban J connectivity index is 2.07. The molecule has 112 valence electrons. The van der Waals surface area contributed by atoms with E-state index in [1.165, 1.54) is 23.0 Å². The first-order valence-electron chi connectivity index (χ1n) is 6.64. The normalized spacial score (nSPS) is 19.3. The van der Waals surface area contributed by atoms with Crippen molar-refractivity contribution in [3.8, 4) is 0 Å². The Bertz CT molecular complexity index is 718. The zero-order valence-electron chi connectivity index (χ0n) is 11.1. The summed E-state index contributed by atoms with van der Waals surface area (Å²) in [6.45, 7) is 0.969. The second-order valence-corrected chi connectivity index (χ2v) is 5.04. The third-order valence-electron chi connectivity index (χ3n) is 3.58. The van der Waals surface area contributed by atoms with Gasteiger partial charge in [0.1, 0.15) is 0 Å². The Morgan fingerprint density at radius 3 is 2.86 bits per heavy atom. The van der Waals surface area contributed by atoms with Gasteiger partial charge in [0, 0.05) is 6.61 Å². The smallest absolute Gasteiger partial charge is 0.376 e. The maximum absolute atomic E-state index is 12.9. The molecule has 0 saturated carbocycles. The molecule has 0 amide bonds. The molecular formula is C14H13F3N2O2. The van der Waals surface area contributed by atoms with Gasteiger partial charge in [-0.1, -0.05) is 6.07 Å². The summed E-state index contributed by atoms with van der Waals surface area (Å²) in [4.78, 5) is 16.1. The van der Waals surface area contributed by atoms with E-state index in [4.69, 9.17) is 4.74 Å². The number of ether oxygens (including phenoxy) is 1. The number of alkyl halides is 3. The van der Waals surface area contributed by atoms with E-state index < -0.39 is 17.3 Å². The summed E-state index contributed by atoms with van der Waals surface area (Å²) in [5.41, 5.74) is -1.67. The van der Waals surface area contributed by atoms with E-state index in [9.17, 15) is 18.0 Å². The highest BCUT2D eigenvalue weighted by molar-refractivity contribution is 5.81. The molecule has 1 saturated heterocycles. The SMILES string of the molecule is O=c1c2cccc(C(F)(F)F)c2ncn1CC1CCCO1. The van der Waals surface area contributed by atoms with Gasteiger partial charge in [-0.3, -0.25) is 9.36 Å². The van der Waals surface area contributed by atoms with E-state index in [2.05, 4.69) is 4.98 Å². The van der Waals surface area contributed by atoms with Gasteiger partial charge >= 0.3 is 6.18 Å². The minimum atomic E-state index is -4.53. The Hall–Kier alpha value is -1.89. The topological polar surface area (TPSA) is 44.1 Å². The maximum atomic E-state index is 12.9. The number of fused-ring (bicyclic) bond motifs is 1. The lowest BCUT2D eigenvalue weighted by Gasteiger charge is -2.13. The van der Waals surface area contributed by atoms with Crippen molar-refractivity contribution in [1.82, 2.24) is 9.55 Å². The molecule has 1 aliphatic rings. The summed E-state index contributed by atoms with van der Waals surface area (Å²) < 4.78 is 45.5. The first-order valence-corrected chi connectivity index (χ1v) is 6.64. The number of hydrogen-bond donors (Lipinski definition) is 0. The van der Waals surface area contributed by atoms with Crippen LogP contribution in [0.3, 0.4) is 0 Å². The molecule has 0 spiro atoms. The molecular weight excluding hydrogens is 285 g/mol.